The van der Waals surface area contributed by atoms with Gasteiger partial charge >= 0.3 is 0 Å². The Labute approximate surface area is 156 Å². The van der Waals surface area contributed by atoms with E-state index >= 15 is 0 Å². The van der Waals surface area contributed by atoms with Crippen LogP contribution in [0.2, 0.25) is 0 Å². The van der Waals surface area contributed by atoms with Crippen molar-refractivity contribution in [3.8, 4) is 0 Å². The molecule has 2 saturated heterocycles. The van der Waals surface area contributed by atoms with Crippen molar-refractivity contribution in [1.82, 2.24) is 19.8 Å². The normalized spacial score (nSPS) is 23.8. The average Bonchev–Trinajstić information content (AvgIpc) is 3.12. The van der Waals surface area contributed by atoms with E-state index < -0.39 is 0 Å². The van der Waals surface area contributed by atoms with E-state index in [0.717, 1.165) is 58.1 Å². The summed E-state index contributed by atoms with van der Waals surface area (Å²) in [6, 6.07) is 10.8. The highest BCUT2D eigenvalue weighted by atomic mass is 16.5. The van der Waals surface area contributed by atoms with E-state index in [4.69, 9.17) is 4.74 Å². The zero-order valence-electron chi connectivity index (χ0n) is 15.5. The van der Waals surface area contributed by atoms with Gasteiger partial charge in [0.2, 0.25) is 0 Å². The Morgan fingerprint density at radius 2 is 1.92 bits per heavy atom. The summed E-state index contributed by atoms with van der Waals surface area (Å²) in [5.74, 6) is 1.75. The molecule has 2 aliphatic heterocycles. The number of imidazole rings is 1. The number of H-pyrrole nitrogens is 1. The van der Waals surface area contributed by atoms with E-state index in [-0.39, 0.29) is 0 Å². The first-order valence-electron chi connectivity index (χ1n) is 9.96. The van der Waals surface area contributed by atoms with E-state index in [1.165, 1.54) is 18.4 Å². The topological polar surface area (TPSA) is 44.4 Å². The van der Waals surface area contributed by atoms with Gasteiger partial charge in [0.25, 0.3) is 0 Å². The molecule has 0 saturated carbocycles. The van der Waals surface area contributed by atoms with Crippen LogP contribution in [0.3, 0.4) is 0 Å². The highest BCUT2D eigenvalue weighted by Gasteiger charge is 2.26. The van der Waals surface area contributed by atoms with Crippen molar-refractivity contribution >= 4 is 0 Å². The predicted molar refractivity (Wildman–Crippen MR) is 103 cm³/mol. The lowest BCUT2D eigenvalue weighted by molar-refractivity contribution is 0.0201. The zero-order valence-corrected chi connectivity index (χ0v) is 15.5. The second-order valence-electron chi connectivity index (χ2n) is 7.62. The number of nitrogens with one attached hydrogen (secondary N) is 1. The zero-order chi connectivity index (χ0) is 17.6. The van der Waals surface area contributed by atoms with Crippen molar-refractivity contribution in [3.63, 3.8) is 0 Å². The fourth-order valence-electron chi connectivity index (χ4n) is 4.24. The minimum absolute atomic E-state index is 0.321. The molecule has 0 aliphatic carbocycles. The standard InChI is InChI=1S/C21H30N4O/c1-2-5-18(6-3-1)15-25-11-4-14-26-20(17-25)16-24-12-7-19(8-13-24)21-22-9-10-23-21/h1-3,5-6,9-10,19-20H,4,7-8,11-17H2,(H,22,23). The first kappa shape index (κ1) is 17.7. The number of hydrogen-bond acceptors (Lipinski definition) is 4. The molecule has 4 rings (SSSR count). The Morgan fingerprint density at radius 3 is 2.69 bits per heavy atom. The van der Waals surface area contributed by atoms with E-state index in [1.54, 1.807) is 0 Å². The van der Waals surface area contributed by atoms with Gasteiger partial charge in [-0.2, -0.15) is 0 Å². The summed E-state index contributed by atoms with van der Waals surface area (Å²) in [6.07, 6.45) is 7.62. The maximum Gasteiger partial charge on any atom is 0.109 e. The van der Waals surface area contributed by atoms with E-state index in [0.29, 0.717) is 12.0 Å². The Balaban J connectivity index is 1.27. The van der Waals surface area contributed by atoms with Crippen LogP contribution >= 0.6 is 0 Å². The molecular formula is C21H30N4O. The van der Waals surface area contributed by atoms with Gasteiger partial charge in [-0.1, -0.05) is 30.3 Å². The van der Waals surface area contributed by atoms with Crippen molar-refractivity contribution in [3.05, 3.63) is 54.1 Å². The largest absolute Gasteiger partial charge is 0.376 e. The van der Waals surface area contributed by atoms with Crippen LogP contribution in [0.15, 0.2) is 42.7 Å². The number of rotatable bonds is 5. The molecule has 1 atom stereocenters. The molecule has 0 bridgehead atoms. The van der Waals surface area contributed by atoms with Gasteiger partial charge in [0.1, 0.15) is 5.82 Å². The van der Waals surface area contributed by atoms with Gasteiger partial charge in [-0.05, 0) is 37.9 Å². The Morgan fingerprint density at radius 1 is 1.08 bits per heavy atom. The highest BCUT2D eigenvalue weighted by molar-refractivity contribution is 5.14. The van der Waals surface area contributed by atoms with Crippen molar-refractivity contribution in [2.24, 2.45) is 0 Å². The molecule has 1 aromatic carbocycles. The third-order valence-electron chi connectivity index (χ3n) is 5.64. The summed E-state index contributed by atoms with van der Waals surface area (Å²) in [5.41, 5.74) is 1.40. The van der Waals surface area contributed by atoms with Crippen LogP contribution in [-0.2, 0) is 11.3 Å². The smallest absolute Gasteiger partial charge is 0.109 e. The second-order valence-corrected chi connectivity index (χ2v) is 7.62. The molecule has 0 amide bonds. The van der Waals surface area contributed by atoms with Crippen molar-refractivity contribution in [1.29, 1.82) is 0 Å². The van der Waals surface area contributed by atoms with Gasteiger partial charge in [0.15, 0.2) is 0 Å². The van der Waals surface area contributed by atoms with Crippen molar-refractivity contribution < 1.29 is 4.74 Å². The molecular weight excluding hydrogens is 324 g/mol. The fourth-order valence-corrected chi connectivity index (χ4v) is 4.24. The number of piperidine rings is 1. The first-order valence-corrected chi connectivity index (χ1v) is 9.96. The number of ether oxygens (including phenoxy) is 1. The number of aromatic nitrogens is 2. The molecule has 5 heteroatoms. The lowest BCUT2D eigenvalue weighted by Crippen LogP contribution is -2.43. The van der Waals surface area contributed by atoms with E-state index in [1.807, 2.05) is 12.4 Å². The van der Waals surface area contributed by atoms with Crippen LogP contribution in [0.5, 0.6) is 0 Å². The summed E-state index contributed by atoms with van der Waals surface area (Å²) in [5, 5.41) is 0. The quantitative estimate of drug-likeness (QED) is 0.897. The van der Waals surface area contributed by atoms with Crippen LogP contribution in [0.1, 0.15) is 36.6 Å². The fraction of sp³-hybridized carbons (Fsp3) is 0.571. The van der Waals surface area contributed by atoms with Crippen molar-refractivity contribution in [2.45, 2.75) is 37.8 Å². The lowest BCUT2D eigenvalue weighted by Gasteiger charge is -2.34. The first-order chi connectivity index (χ1) is 12.9. The van der Waals surface area contributed by atoms with E-state index in [9.17, 15) is 0 Å². The number of aromatic amines is 1. The van der Waals surface area contributed by atoms with Crippen LogP contribution in [0.4, 0.5) is 0 Å². The lowest BCUT2D eigenvalue weighted by atomic mass is 9.96. The van der Waals surface area contributed by atoms with Gasteiger partial charge < -0.3 is 14.6 Å². The molecule has 1 unspecified atom stereocenters. The summed E-state index contributed by atoms with van der Waals surface area (Å²) in [7, 11) is 0. The maximum atomic E-state index is 6.17. The molecule has 0 radical (unpaired) electrons. The summed E-state index contributed by atoms with van der Waals surface area (Å²) < 4.78 is 6.17. The molecule has 1 aromatic heterocycles. The van der Waals surface area contributed by atoms with Crippen LogP contribution in [-0.4, -0.2) is 65.2 Å². The maximum absolute atomic E-state index is 6.17. The summed E-state index contributed by atoms with van der Waals surface area (Å²) >= 11 is 0. The Kier molecular flexibility index (Phi) is 5.99. The van der Waals surface area contributed by atoms with Gasteiger partial charge in [0, 0.05) is 51.1 Å². The van der Waals surface area contributed by atoms with E-state index in [2.05, 4.69) is 50.1 Å². The average molecular weight is 354 g/mol. The molecule has 2 aromatic rings. The SMILES string of the molecule is c1ccc(CN2CCCOC(CN3CCC(c4ncc[nH]4)CC3)C2)cc1. The second kappa shape index (κ2) is 8.80. The van der Waals surface area contributed by atoms with Gasteiger partial charge in [-0.25, -0.2) is 4.98 Å². The molecule has 140 valence electrons. The Bertz CT molecular complexity index is 637. The van der Waals surface area contributed by atoms with Crippen LogP contribution in [0, 0.1) is 0 Å². The van der Waals surface area contributed by atoms with Crippen LogP contribution in [0.25, 0.3) is 0 Å². The molecule has 2 fully saturated rings. The third-order valence-corrected chi connectivity index (χ3v) is 5.64. The number of nitrogens with zero attached hydrogens (tertiary/aromatic N) is 3. The highest BCUT2D eigenvalue weighted by Crippen LogP contribution is 2.25. The monoisotopic (exact) mass is 354 g/mol. The van der Waals surface area contributed by atoms with Crippen molar-refractivity contribution in [2.75, 3.05) is 39.3 Å². The minimum atomic E-state index is 0.321. The molecule has 3 heterocycles. The Hall–Kier alpha value is -1.69. The summed E-state index contributed by atoms with van der Waals surface area (Å²) in [4.78, 5) is 12.9. The summed E-state index contributed by atoms with van der Waals surface area (Å²) in [6.45, 7) is 7.42. The number of benzene rings is 1. The molecule has 0 spiro atoms. The number of likely N-dealkylation sites (tertiary alicyclic amines) is 1. The molecule has 1 N–H and O–H groups in total. The molecule has 5 nitrogen and oxygen atoms in total. The molecule has 26 heavy (non-hydrogen) atoms. The minimum Gasteiger partial charge on any atom is -0.376 e. The van der Waals surface area contributed by atoms with Gasteiger partial charge in [-0.15, -0.1) is 0 Å². The number of hydrogen-bond donors (Lipinski definition) is 1. The van der Waals surface area contributed by atoms with Gasteiger partial charge in [-0.3, -0.25) is 4.90 Å². The van der Waals surface area contributed by atoms with Crippen LogP contribution < -0.4 is 0 Å². The predicted octanol–water partition coefficient (Wildman–Crippen LogP) is 2.88. The third kappa shape index (κ3) is 4.72. The van der Waals surface area contributed by atoms with Gasteiger partial charge in [0.05, 0.1) is 6.10 Å². The molecule has 2 aliphatic rings.